The Bertz CT molecular complexity index is 332. The highest BCUT2D eigenvalue weighted by atomic mass is 79.9. The van der Waals surface area contributed by atoms with Crippen LogP contribution in [0.3, 0.4) is 0 Å². The molecule has 72 valence electrons. The molecule has 1 rings (SSSR count). The highest BCUT2D eigenvalue weighted by Crippen LogP contribution is 2.30. The maximum absolute atomic E-state index is 13.4. The minimum atomic E-state index is -0.744. The Morgan fingerprint density at radius 2 is 1.77 bits per heavy atom. The number of halogens is 3. The van der Waals surface area contributed by atoms with Crippen LogP contribution in [-0.2, 0) is 0 Å². The smallest absolute Gasteiger partial charge is 0.163 e. The molecule has 0 bridgehead atoms. The molecule has 1 aromatic carbocycles. The van der Waals surface area contributed by atoms with Gasteiger partial charge in [0, 0.05) is 10.0 Å². The molecular formula is C10H11BrF2. The van der Waals surface area contributed by atoms with Crippen LogP contribution in [0.25, 0.3) is 0 Å². The second kappa shape index (κ2) is 3.74. The van der Waals surface area contributed by atoms with Crippen molar-refractivity contribution in [1.29, 1.82) is 0 Å². The third-order valence-electron chi connectivity index (χ3n) is 1.95. The minimum Gasteiger partial charge on any atom is -0.203 e. The zero-order chi connectivity index (χ0) is 10.2. The molecule has 0 heterocycles. The summed E-state index contributed by atoms with van der Waals surface area (Å²) in [7, 11) is 0. The van der Waals surface area contributed by atoms with E-state index in [9.17, 15) is 8.78 Å². The first-order valence-electron chi connectivity index (χ1n) is 4.09. The van der Waals surface area contributed by atoms with Gasteiger partial charge in [0.05, 0.1) is 0 Å². The van der Waals surface area contributed by atoms with Gasteiger partial charge >= 0.3 is 0 Å². The van der Waals surface area contributed by atoms with E-state index in [0.29, 0.717) is 15.6 Å². The van der Waals surface area contributed by atoms with Crippen molar-refractivity contribution in [1.82, 2.24) is 0 Å². The Labute approximate surface area is 85.1 Å². The van der Waals surface area contributed by atoms with Crippen molar-refractivity contribution in [2.75, 3.05) is 0 Å². The van der Waals surface area contributed by atoms with Crippen molar-refractivity contribution >= 4 is 15.9 Å². The first-order chi connectivity index (χ1) is 5.95. The van der Waals surface area contributed by atoms with Gasteiger partial charge in [0.25, 0.3) is 0 Å². The lowest BCUT2D eigenvalue weighted by molar-refractivity contribution is 0.487. The second-order valence-corrected chi connectivity index (χ2v) is 4.23. The van der Waals surface area contributed by atoms with Gasteiger partial charge in [0.15, 0.2) is 11.6 Å². The molecule has 0 radical (unpaired) electrons. The molecule has 0 saturated carbocycles. The summed E-state index contributed by atoms with van der Waals surface area (Å²) in [5.41, 5.74) is 0.733. The van der Waals surface area contributed by atoms with Gasteiger partial charge in [-0.3, -0.25) is 0 Å². The zero-order valence-corrected chi connectivity index (χ0v) is 9.37. The molecule has 0 nitrogen and oxygen atoms in total. The van der Waals surface area contributed by atoms with E-state index in [1.54, 1.807) is 13.0 Å². The van der Waals surface area contributed by atoms with E-state index in [0.717, 1.165) is 0 Å². The summed E-state index contributed by atoms with van der Waals surface area (Å²) in [6.45, 7) is 5.21. The van der Waals surface area contributed by atoms with Gasteiger partial charge in [-0.25, -0.2) is 8.78 Å². The predicted octanol–water partition coefficient (Wildman–Crippen LogP) is 4.16. The monoisotopic (exact) mass is 248 g/mol. The lowest BCUT2D eigenvalue weighted by Crippen LogP contribution is -2.00. The van der Waals surface area contributed by atoms with Crippen LogP contribution in [0.4, 0.5) is 8.78 Å². The molecule has 0 amide bonds. The summed E-state index contributed by atoms with van der Waals surface area (Å²) in [5, 5.41) is 0. The van der Waals surface area contributed by atoms with Gasteiger partial charge in [-0.05, 0) is 24.5 Å². The average molecular weight is 249 g/mol. The van der Waals surface area contributed by atoms with Crippen molar-refractivity contribution in [2.24, 2.45) is 0 Å². The zero-order valence-electron chi connectivity index (χ0n) is 7.79. The molecular weight excluding hydrogens is 238 g/mol. The summed E-state index contributed by atoms with van der Waals surface area (Å²) in [6, 6.07) is 1.60. The van der Waals surface area contributed by atoms with E-state index < -0.39 is 11.6 Å². The Hall–Kier alpha value is -0.440. The normalized spacial score (nSPS) is 11.0. The van der Waals surface area contributed by atoms with Gasteiger partial charge in [0.2, 0.25) is 0 Å². The molecule has 0 aliphatic heterocycles. The number of aryl methyl sites for hydroxylation is 1. The van der Waals surface area contributed by atoms with Crippen LogP contribution in [-0.4, -0.2) is 0 Å². The fourth-order valence-electron chi connectivity index (χ4n) is 1.26. The third-order valence-corrected chi connectivity index (χ3v) is 2.61. The van der Waals surface area contributed by atoms with Crippen LogP contribution in [0.15, 0.2) is 10.5 Å². The van der Waals surface area contributed by atoms with E-state index >= 15 is 0 Å². The van der Waals surface area contributed by atoms with Crippen LogP contribution < -0.4 is 0 Å². The highest BCUT2D eigenvalue weighted by molar-refractivity contribution is 9.10. The molecule has 0 N–H and O–H groups in total. The van der Waals surface area contributed by atoms with Gasteiger partial charge in [-0.15, -0.1) is 0 Å². The van der Waals surface area contributed by atoms with Gasteiger partial charge in [-0.1, -0.05) is 29.8 Å². The van der Waals surface area contributed by atoms with Crippen molar-refractivity contribution in [3.05, 3.63) is 33.3 Å². The molecule has 0 atom stereocenters. The van der Waals surface area contributed by atoms with E-state index in [-0.39, 0.29) is 5.92 Å². The Morgan fingerprint density at radius 3 is 2.23 bits per heavy atom. The largest absolute Gasteiger partial charge is 0.203 e. The lowest BCUT2D eigenvalue weighted by Gasteiger charge is -2.11. The minimum absolute atomic E-state index is 0.0236. The summed E-state index contributed by atoms with van der Waals surface area (Å²) in [6.07, 6.45) is 0. The Kier molecular flexibility index (Phi) is 3.06. The number of benzene rings is 1. The van der Waals surface area contributed by atoms with Crippen molar-refractivity contribution in [3.63, 3.8) is 0 Å². The molecule has 1 aromatic rings. The summed E-state index contributed by atoms with van der Waals surface area (Å²) < 4.78 is 27.1. The standard InChI is InChI=1S/C10H11BrF2/c1-5(2)8-7(11)4-6(3)9(12)10(8)13/h4-5H,1-3H3. The molecule has 3 heteroatoms. The average Bonchev–Trinajstić information content (AvgIpc) is 1.99. The first-order valence-corrected chi connectivity index (χ1v) is 4.88. The van der Waals surface area contributed by atoms with E-state index in [2.05, 4.69) is 15.9 Å². The fourth-order valence-corrected chi connectivity index (χ4v) is 2.23. The van der Waals surface area contributed by atoms with Crippen molar-refractivity contribution in [3.8, 4) is 0 Å². The molecule has 0 spiro atoms. The van der Waals surface area contributed by atoms with E-state index in [1.807, 2.05) is 13.8 Å². The molecule has 0 fully saturated rings. The number of hydrogen-bond donors (Lipinski definition) is 0. The molecule has 13 heavy (non-hydrogen) atoms. The third kappa shape index (κ3) is 1.90. The Balaban J connectivity index is 3.44. The summed E-state index contributed by atoms with van der Waals surface area (Å²) in [5.74, 6) is -1.50. The molecule has 0 aliphatic carbocycles. The molecule has 0 unspecified atom stereocenters. The lowest BCUT2D eigenvalue weighted by atomic mass is 10.0. The predicted molar refractivity (Wildman–Crippen MR) is 52.9 cm³/mol. The fraction of sp³-hybridized carbons (Fsp3) is 0.400. The SMILES string of the molecule is Cc1cc(Br)c(C(C)C)c(F)c1F. The van der Waals surface area contributed by atoms with Crippen LogP contribution in [0, 0.1) is 18.6 Å². The van der Waals surface area contributed by atoms with Crippen LogP contribution in [0.5, 0.6) is 0 Å². The second-order valence-electron chi connectivity index (χ2n) is 3.37. The topological polar surface area (TPSA) is 0 Å². The van der Waals surface area contributed by atoms with E-state index in [1.165, 1.54) is 0 Å². The summed E-state index contributed by atoms with van der Waals surface area (Å²) in [4.78, 5) is 0. The van der Waals surface area contributed by atoms with Gasteiger partial charge in [-0.2, -0.15) is 0 Å². The number of rotatable bonds is 1. The van der Waals surface area contributed by atoms with Crippen LogP contribution in [0.2, 0.25) is 0 Å². The number of hydrogen-bond acceptors (Lipinski definition) is 0. The van der Waals surface area contributed by atoms with Gasteiger partial charge in [0.1, 0.15) is 0 Å². The van der Waals surface area contributed by atoms with Crippen molar-refractivity contribution in [2.45, 2.75) is 26.7 Å². The van der Waals surface area contributed by atoms with Crippen LogP contribution in [0.1, 0.15) is 30.9 Å². The first kappa shape index (κ1) is 10.6. The summed E-state index contributed by atoms with van der Waals surface area (Å²) >= 11 is 3.23. The maximum Gasteiger partial charge on any atom is 0.163 e. The molecule has 0 saturated heterocycles. The van der Waals surface area contributed by atoms with Crippen molar-refractivity contribution < 1.29 is 8.78 Å². The van der Waals surface area contributed by atoms with Crippen LogP contribution >= 0.6 is 15.9 Å². The highest BCUT2D eigenvalue weighted by Gasteiger charge is 2.17. The molecule has 0 aliphatic rings. The maximum atomic E-state index is 13.4. The quantitative estimate of drug-likeness (QED) is 0.655. The van der Waals surface area contributed by atoms with Gasteiger partial charge < -0.3 is 0 Å². The Morgan fingerprint density at radius 1 is 1.23 bits per heavy atom. The van der Waals surface area contributed by atoms with E-state index in [4.69, 9.17) is 0 Å². The molecule has 0 aromatic heterocycles.